The van der Waals surface area contributed by atoms with Crippen molar-refractivity contribution in [2.75, 3.05) is 18.5 Å². The molecule has 1 amide bonds. The lowest BCUT2D eigenvalue weighted by Crippen LogP contribution is -2.30. The lowest BCUT2D eigenvalue weighted by molar-refractivity contribution is -0.130. The van der Waals surface area contributed by atoms with Crippen molar-refractivity contribution < 1.29 is 28.9 Å². The van der Waals surface area contributed by atoms with E-state index in [0.717, 1.165) is 29.6 Å². The molecule has 0 saturated heterocycles. The van der Waals surface area contributed by atoms with Crippen LogP contribution in [0.2, 0.25) is 0 Å². The van der Waals surface area contributed by atoms with Gasteiger partial charge in [-0.05, 0) is 66.2 Å². The first-order valence-electron chi connectivity index (χ1n) is 11.5. The van der Waals surface area contributed by atoms with Crippen LogP contribution < -0.4 is 16.2 Å². The molecule has 3 heterocycles. The number of aliphatic hydroxyl groups excluding tert-OH is 2. The van der Waals surface area contributed by atoms with Crippen molar-refractivity contribution >= 4 is 23.6 Å². The lowest BCUT2D eigenvalue weighted by atomic mass is 9.87. The Kier molecular flexibility index (Phi) is 5.94. The van der Waals surface area contributed by atoms with Crippen molar-refractivity contribution in [1.29, 1.82) is 0 Å². The zero-order chi connectivity index (χ0) is 24.9. The highest BCUT2D eigenvalue weighted by Crippen LogP contribution is 2.48. The molecular formula is C25H26FN3O6. The van der Waals surface area contributed by atoms with Crippen molar-refractivity contribution in [1.82, 2.24) is 9.88 Å². The molecule has 35 heavy (non-hydrogen) atoms. The number of pyridine rings is 1. The number of carbonyl (C=O) groups excluding carboxylic acids is 2. The number of amides is 1. The maximum atomic E-state index is 14.9. The van der Waals surface area contributed by atoms with Gasteiger partial charge in [0.25, 0.3) is 12.0 Å². The number of hydrogen-bond donors (Lipinski definition) is 4. The predicted molar refractivity (Wildman–Crippen MR) is 124 cm³/mol. The van der Waals surface area contributed by atoms with Gasteiger partial charge in [0, 0.05) is 30.0 Å². The van der Waals surface area contributed by atoms with E-state index in [1.54, 1.807) is 10.6 Å². The van der Waals surface area contributed by atoms with Crippen LogP contribution in [0.4, 0.5) is 10.1 Å². The van der Waals surface area contributed by atoms with Gasteiger partial charge in [0.1, 0.15) is 19.0 Å². The highest BCUT2D eigenvalue weighted by molar-refractivity contribution is 5.87. The van der Waals surface area contributed by atoms with Crippen molar-refractivity contribution in [3.8, 4) is 0 Å². The van der Waals surface area contributed by atoms with Gasteiger partial charge in [-0.3, -0.25) is 14.4 Å². The second-order valence-electron chi connectivity index (χ2n) is 9.19. The van der Waals surface area contributed by atoms with E-state index < -0.39 is 30.2 Å². The fourth-order valence-corrected chi connectivity index (χ4v) is 5.08. The second-order valence-corrected chi connectivity index (χ2v) is 9.19. The number of aromatic nitrogens is 1. The molecule has 4 N–H and O–H groups in total. The molecule has 2 aliphatic heterocycles. The summed E-state index contributed by atoms with van der Waals surface area (Å²) >= 11 is 0. The number of benzene rings is 1. The Labute approximate surface area is 200 Å². The van der Waals surface area contributed by atoms with Gasteiger partial charge in [-0.2, -0.15) is 0 Å². The van der Waals surface area contributed by atoms with E-state index in [1.807, 2.05) is 6.07 Å². The average Bonchev–Trinajstić information content (AvgIpc) is 3.61. The third-order valence-electron chi connectivity index (χ3n) is 6.96. The Morgan fingerprint density at radius 3 is 2.80 bits per heavy atom. The van der Waals surface area contributed by atoms with Crippen molar-refractivity contribution in [3.63, 3.8) is 0 Å². The van der Waals surface area contributed by atoms with Crippen LogP contribution in [0.25, 0.3) is 5.57 Å². The zero-order valence-electron chi connectivity index (χ0n) is 19.1. The minimum atomic E-state index is -0.982. The Morgan fingerprint density at radius 1 is 1.37 bits per heavy atom. The summed E-state index contributed by atoms with van der Waals surface area (Å²) in [5.41, 5.74) is 4.22. The summed E-state index contributed by atoms with van der Waals surface area (Å²) in [6.45, 7) is 1.15. The van der Waals surface area contributed by atoms with Crippen molar-refractivity contribution in [3.05, 3.63) is 67.9 Å². The molecule has 5 rings (SSSR count). The summed E-state index contributed by atoms with van der Waals surface area (Å²) in [5, 5.41) is 25.5. The number of halogens is 1. The van der Waals surface area contributed by atoms with Crippen LogP contribution in [0.15, 0.2) is 28.6 Å². The number of nitrogens with one attached hydrogen (secondary N) is 2. The van der Waals surface area contributed by atoms with E-state index >= 15 is 0 Å². The van der Waals surface area contributed by atoms with Gasteiger partial charge in [-0.1, -0.05) is 0 Å². The first kappa shape index (κ1) is 23.3. The van der Waals surface area contributed by atoms with Crippen LogP contribution in [0.5, 0.6) is 0 Å². The maximum Gasteiger partial charge on any atom is 0.293 e. The molecule has 0 spiro atoms. The van der Waals surface area contributed by atoms with Crippen molar-refractivity contribution in [2.24, 2.45) is 0 Å². The Hall–Kier alpha value is -3.50. The molecule has 3 aliphatic rings. The van der Waals surface area contributed by atoms with Crippen molar-refractivity contribution in [2.45, 2.75) is 51.0 Å². The summed E-state index contributed by atoms with van der Waals surface area (Å²) in [6, 6.07) is 4.48. The molecule has 184 valence electrons. The second kappa shape index (κ2) is 8.94. The zero-order valence-corrected chi connectivity index (χ0v) is 19.1. The predicted octanol–water partition coefficient (Wildman–Crippen LogP) is 1.63. The molecule has 2 unspecified atom stereocenters. The lowest BCUT2D eigenvalue weighted by Gasteiger charge is -2.29. The Bertz CT molecular complexity index is 1310. The highest BCUT2D eigenvalue weighted by atomic mass is 19.1. The number of carbonyl (C=O) groups is 2. The monoisotopic (exact) mass is 483 g/mol. The van der Waals surface area contributed by atoms with Gasteiger partial charge in [0.05, 0.1) is 17.7 Å². The van der Waals surface area contributed by atoms with Crippen LogP contribution in [-0.2, 0) is 27.5 Å². The largest absolute Gasteiger partial charge is 0.463 e. The van der Waals surface area contributed by atoms with Crippen LogP contribution in [-0.4, -0.2) is 40.3 Å². The molecule has 0 bridgehead atoms. The summed E-state index contributed by atoms with van der Waals surface area (Å²) in [4.78, 5) is 36.0. The molecular weight excluding hydrogens is 457 g/mol. The number of fused-ring (bicyclic) bond motifs is 4. The number of aliphatic hydroxyl groups is 2. The average molecular weight is 483 g/mol. The smallest absolute Gasteiger partial charge is 0.293 e. The third-order valence-corrected chi connectivity index (χ3v) is 6.96. The fraction of sp³-hybridized carbons (Fsp3) is 0.400. The highest BCUT2D eigenvalue weighted by Gasteiger charge is 2.38. The first-order chi connectivity index (χ1) is 16.8. The van der Waals surface area contributed by atoms with Gasteiger partial charge in [-0.15, -0.1) is 0 Å². The minimum absolute atomic E-state index is 0.1000. The minimum Gasteiger partial charge on any atom is -0.463 e. The molecule has 10 heteroatoms. The maximum absolute atomic E-state index is 14.9. The topological polar surface area (TPSA) is 130 Å². The van der Waals surface area contributed by atoms with Crippen LogP contribution in [0, 0.1) is 5.82 Å². The molecule has 9 nitrogen and oxygen atoms in total. The summed E-state index contributed by atoms with van der Waals surface area (Å²) in [5.74, 6) is -0.673. The van der Waals surface area contributed by atoms with Crippen LogP contribution in [0.3, 0.4) is 0 Å². The van der Waals surface area contributed by atoms with Gasteiger partial charge in [0.2, 0.25) is 5.91 Å². The van der Waals surface area contributed by atoms with E-state index in [2.05, 4.69) is 10.6 Å². The molecule has 0 radical (unpaired) electrons. The number of anilines is 1. The van der Waals surface area contributed by atoms with E-state index in [9.17, 15) is 29.0 Å². The number of hydrogen-bond acceptors (Lipinski definition) is 7. The van der Waals surface area contributed by atoms with Gasteiger partial charge in [-0.25, -0.2) is 4.39 Å². The van der Waals surface area contributed by atoms with E-state index in [1.165, 1.54) is 13.0 Å². The fourth-order valence-electron chi connectivity index (χ4n) is 5.08. The van der Waals surface area contributed by atoms with Crippen LogP contribution >= 0.6 is 0 Å². The first-order valence-corrected chi connectivity index (χ1v) is 11.5. The number of ether oxygens (including phenoxy) is 1. The Balaban J connectivity index is 1.66. The molecule has 1 fully saturated rings. The summed E-state index contributed by atoms with van der Waals surface area (Å²) in [6.07, 6.45) is 0.866. The molecule has 2 aromatic rings. The molecule has 1 aromatic heterocycles. The van der Waals surface area contributed by atoms with E-state index in [4.69, 9.17) is 4.74 Å². The third kappa shape index (κ3) is 4.02. The van der Waals surface area contributed by atoms with E-state index in [-0.39, 0.29) is 43.5 Å². The molecule has 1 aromatic carbocycles. The Morgan fingerprint density at radius 2 is 2.14 bits per heavy atom. The SMILES string of the molecule is CC(O)c1cc2n(c(=O)c1COC=O)CC1=C(CNC(=O)CO)c3cc(C4CC4)c(F)cc3NC12. The summed E-state index contributed by atoms with van der Waals surface area (Å²) in [7, 11) is 0. The quantitative estimate of drug-likeness (QED) is 0.420. The van der Waals surface area contributed by atoms with Crippen LogP contribution in [0.1, 0.15) is 65.8 Å². The normalized spacial score (nSPS) is 18.8. The number of rotatable bonds is 8. The van der Waals surface area contributed by atoms with Gasteiger partial charge in [0.15, 0.2) is 0 Å². The molecule has 1 aliphatic carbocycles. The molecule has 2 atom stereocenters. The summed E-state index contributed by atoms with van der Waals surface area (Å²) < 4.78 is 21.3. The molecule has 1 saturated carbocycles. The van der Waals surface area contributed by atoms with Gasteiger partial charge < -0.3 is 30.2 Å². The van der Waals surface area contributed by atoms with E-state index in [0.29, 0.717) is 22.5 Å². The standard InChI is InChI=1S/C25H26FN3O6/c1-12(32)14-5-22-24-18(8-29(22)25(34)19(14)10-35-11-31)17(7-27-23(33)9-30)16-4-15(13-2-3-13)20(26)6-21(16)28-24/h4-6,11-13,24,28,30,32H,2-3,7-10H2,1H3,(H,27,33). The number of nitrogens with zero attached hydrogens (tertiary/aromatic N) is 1. The van der Waals surface area contributed by atoms with Gasteiger partial charge >= 0.3 is 0 Å².